The molecule has 1 N–H and O–H groups in total. The number of methoxy groups -OCH3 is 1. The van der Waals surface area contributed by atoms with E-state index in [1.807, 2.05) is 0 Å². The van der Waals surface area contributed by atoms with Crippen LogP contribution in [0.3, 0.4) is 0 Å². The minimum absolute atomic E-state index is 0.317. The van der Waals surface area contributed by atoms with Crippen molar-refractivity contribution in [2.24, 2.45) is 0 Å². The summed E-state index contributed by atoms with van der Waals surface area (Å²) in [5.74, 6) is -0.774. The van der Waals surface area contributed by atoms with E-state index in [1.54, 1.807) is 0 Å². The van der Waals surface area contributed by atoms with Crippen molar-refractivity contribution in [1.82, 2.24) is 0 Å². The van der Waals surface area contributed by atoms with Crippen LogP contribution in [0, 0.1) is 5.82 Å². The van der Waals surface area contributed by atoms with E-state index < -0.39 is 5.97 Å². The standard InChI is InChI=1S/C13H16FNO2/c1-17-13(16)9-6-7-11(14)12(8-9)15-10-4-2-3-5-10/h6-8,10,15H,2-5H2,1H3. The minimum Gasteiger partial charge on any atom is -0.465 e. The van der Waals surface area contributed by atoms with Gasteiger partial charge < -0.3 is 10.1 Å². The Morgan fingerprint density at radius 2 is 2.12 bits per heavy atom. The monoisotopic (exact) mass is 237 g/mol. The van der Waals surface area contributed by atoms with Crippen molar-refractivity contribution in [3.63, 3.8) is 0 Å². The van der Waals surface area contributed by atoms with Crippen LogP contribution in [-0.2, 0) is 4.74 Å². The molecular formula is C13H16FNO2. The molecule has 1 saturated carbocycles. The Morgan fingerprint density at radius 1 is 1.41 bits per heavy atom. The number of nitrogens with one attached hydrogen (secondary N) is 1. The van der Waals surface area contributed by atoms with E-state index in [-0.39, 0.29) is 5.82 Å². The Bertz CT molecular complexity index is 414. The Labute approximate surface area is 100.0 Å². The summed E-state index contributed by atoms with van der Waals surface area (Å²) >= 11 is 0. The predicted molar refractivity (Wildman–Crippen MR) is 63.6 cm³/mol. The molecule has 0 saturated heterocycles. The van der Waals surface area contributed by atoms with Crippen molar-refractivity contribution in [2.45, 2.75) is 31.7 Å². The third-order valence-electron chi connectivity index (χ3n) is 3.10. The van der Waals surface area contributed by atoms with Crippen molar-refractivity contribution in [2.75, 3.05) is 12.4 Å². The van der Waals surface area contributed by atoms with Crippen LogP contribution in [0.2, 0.25) is 0 Å². The zero-order valence-corrected chi connectivity index (χ0v) is 9.83. The number of carbonyl (C=O) groups excluding carboxylic acids is 1. The highest BCUT2D eigenvalue weighted by molar-refractivity contribution is 5.90. The second kappa shape index (κ2) is 5.17. The van der Waals surface area contributed by atoms with E-state index >= 15 is 0 Å². The molecule has 1 aliphatic rings. The van der Waals surface area contributed by atoms with Crippen LogP contribution >= 0.6 is 0 Å². The van der Waals surface area contributed by atoms with Gasteiger partial charge in [-0.15, -0.1) is 0 Å². The first-order valence-electron chi connectivity index (χ1n) is 5.85. The molecule has 0 aliphatic heterocycles. The highest BCUT2D eigenvalue weighted by Crippen LogP contribution is 2.24. The maximum atomic E-state index is 13.6. The molecule has 92 valence electrons. The lowest BCUT2D eigenvalue weighted by Gasteiger charge is -2.14. The van der Waals surface area contributed by atoms with Crippen molar-refractivity contribution in [1.29, 1.82) is 0 Å². The van der Waals surface area contributed by atoms with Crippen LogP contribution in [-0.4, -0.2) is 19.1 Å². The fraction of sp³-hybridized carbons (Fsp3) is 0.462. The third-order valence-corrected chi connectivity index (χ3v) is 3.10. The molecule has 1 aliphatic carbocycles. The lowest BCUT2D eigenvalue weighted by atomic mass is 10.1. The van der Waals surface area contributed by atoms with Gasteiger partial charge in [-0.2, -0.15) is 0 Å². The number of hydrogen-bond acceptors (Lipinski definition) is 3. The van der Waals surface area contributed by atoms with Gasteiger partial charge in [0, 0.05) is 6.04 Å². The molecule has 1 aromatic carbocycles. The summed E-state index contributed by atoms with van der Waals surface area (Å²) in [5, 5.41) is 3.15. The smallest absolute Gasteiger partial charge is 0.337 e. The van der Waals surface area contributed by atoms with E-state index in [1.165, 1.54) is 38.2 Å². The molecule has 0 atom stereocenters. The number of anilines is 1. The molecule has 0 amide bonds. The fourth-order valence-electron chi connectivity index (χ4n) is 2.17. The topological polar surface area (TPSA) is 38.3 Å². The Balaban J connectivity index is 2.16. The van der Waals surface area contributed by atoms with Gasteiger partial charge in [-0.3, -0.25) is 0 Å². The average molecular weight is 237 g/mol. The van der Waals surface area contributed by atoms with Gasteiger partial charge in [0.15, 0.2) is 0 Å². The van der Waals surface area contributed by atoms with Gasteiger partial charge in [0.05, 0.1) is 18.4 Å². The zero-order valence-electron chi connectivity index (χ0n) is 9.83. The van der Waals surface area contributed by atoms with Gasteiger partial charge in [0.1, 0.15) is 5.82 Å². The van der Waals surface area contributed by atoms with E-state index in [9.17, 15) is 9.18 Å². The molecule has 17 heavy (non-hydrogen) atoms. The molecule has 4 heteroatoms. The molecule has 0 spiro atoms. The van der Waals surface area contributed by atoms with Crippen LogP contribution in [0.5, 0.6) is 0 Å². The first kappa shape index (κ1) is 11.9. The number of rotatable bonds is 3. The molecule has 2 rings (SSSR count). The Kier molecular flexibility index (Phi) is 3.61. The maximum absolute atomic E-state index is 13.6. The molecular weight excluding hydrogens is 221 g/mol. The largest absolute Gasteiger partial charge is 0.465 e. The second-order valence-electron chi connectivity index (χ2n) is 4.31. The number of ether oxygens (including phenoxy) is 1. The van der Waals surface area contributed by atoms with Gasteiger partial charge in [-0.25, -0.2) is 9.18 Å². The summed E-state index contributed by atoms with van der Waals surface area (Å²) < 4.78 is 18.2. The summed E-state index contributed by atoms with van der Waals surface area (Å²) in [6.07, 6.45) is 4.47. The molecule has 0 radical (unpaired) electrons. The molecule has 0 bridgehead atoms. The van der Waals surface area contributed by atoms with Crippen molar-refractivity contribution >= 4 is 11.7 Å². The van der Waals surface area contributed by atoms with Crippen molar-refractivity contribution < 1.29 is 13.9 Å². The van der Waals surface area contributed by atoms with Crippen LogP contribution in [0.1, 0.15) is 36.0 Å². The van der Waals surface area contributed by atoms with Crippen LogP contribution < -0.4 is 5.32 Å². The van der Waals surface area contributed by atoms with Gasteiger partial charge >= 0.3 is 5.97 Å². The van der Waals surface area contributed by atoms with Gasteiger partial charge in [-0.1, -0.05) is 12.8 Å². The summed E-state index contributed by atoms with van der Waals surface area (Å²) in [7, 11) is 1.32. The molecule has 1 fully saturated rings. The molecule has 1 aromatic rings. The van der Waals surface area contributed by atoms with Crippen molar-refractivity contribution in [3.8, 4) is 0 Å². The Morgan fingerprint density at radius 3 is 2.76 bits per heavy atom. The summed E-state index contributed by atoms with van der Waals surface area (Å²) in [6, 6.07) is 4.56. The van der Waals surface area contributed by atoms with E-state index in [4.69, 9.17) is 0 Å². The van der Waals surface area contributed by atoms with Gasteiger partial charge in [-0.05, 0) is 31.0 Å². The number of halogens is 1. The second-order valence-corrected chi connectivity index (χ2v) is 4.31. The number of esters is 1. The first-order valence-corrected chi connectivity index (χ1v) is 5.85. The third kappa shape index (κ3) is 2.75. The highest BCUT2D eigenvalue weighted by Gasteiger charge is 2.17. The lowest BCUT2D eigenvalue weighted by Crippen LogP contribution is -2.16. The van der Waals surface area contributed by atoms with E-state index in [2.05, 4.69) is 10.1 Å². The lowest BCUT2D eigenvalue weighted by molar-refractivity contribution is 0.0600. The maximum Gasteiger partial charge on any atom is 0.337 e. The van der Waals surface area contributed by atoms with Gasteiger partial charge in [0.25, 0.3) is 0 Å². The van der Waals surface area contributed by atoms with Crippen LogP contribution in [0.4, 0.5) is 10.1 Å². The number of carbonyl (C=O) groups is 1. The first-order chi connectivity index (χ1) is 8.20. The number of hydrogen-bond donors (Lipinski definition) is 1. The molecule has 0 heterocycles. The molecule has 0 aromatic heterocycles. The SMILES string of the molecule is COC(=O)c1ccc(F)c(NC2CCCC2)c1. The minimum atomic E-state index is -0.445. The van der Waals surface area contributed by atoms with E-state index in [0.29, 0.717) is 17.3 Å². The Hall–Kier alpha value is -1.58. The molecule has 3 nitrogen and oxygen atoms in total. The van der Waals surface area contributed by atoms with Crippen LogP contribution in [0.25, 0.3) is 0 Å². The summed E-state index contributed by atoms with van der Waals surface area (Å²) in [6.45, 7) is 0. The quantitative estimate of drug-likeness (QED) is 0.821. The zero-order chi connectivity index (χ0) is 12.3. The predicted octanol–water partition coefficient (Wildman–Crippen LogP) is 2.97. The average Bonchev–Trinajstić information content (AvgIpc) is 2.84. The fourth-order valence-corrected chi connectivity index (χ4v) is 2.17. The van der Waals surface area contributed by atoms with E-state index in [0.717, 1.165) is 12.8 Å². The van der Waals surface area contributed by atoms with Crippen LogP contribution in [0.15, 0.2) is 18.2 Å². The molecule has 0 unspecified atom stereocenters. The van der Waals surface area contributed by atoms with Crippen molar-refractivity contribution in [3.05, 3.63) is 29.6 Å². The normalized spacial score (nSPS) is 15.9. The highest BCUT2D eigenvalue weighted by atomic mass is 19.1. The summed E-state index contributed by atoms with van der Waals surface area (Å²) in [5.41, 5.74) is 0.759. The number of benzene rings is 1. The summed E-state index contributed by atoms with van der Waals surface area (Å²) in [4.78, 5) is 11.3. The van der Waals surface area contributed by atoms with Gasteiger partial charge in [0.2, 0.25) is 0 Å².